The van der Waals surface area contributed by atoms with Crippen LogP contribution >= 0.6 is 0 Å². The predicted octanol–water partition coefficient (Wildman–Crippen LogP) is 4.85. The van der Waals surface area contributed by atoms with Crippen LogP contribution in [0, 0.1) is 5.92 Å². The van der Waals surface area contributed by atoms with Gasteiger partial charge in [-0.1, -0.05) is 50.2 Å². The molecular formula is C31H37N7O. The first-order valence-corrected chi connectivity index (χ1v) is 13.9. The van der Waals surface area contributed by atoms with Crippen LogP contribution < -0.4 is 10.7 Å². The summed E-state index contributed by atoms with van der Waals surface area (Å²) in [5.74, 6) is 1.61. The first kappa shape index (κ1) is 25.4. The highest BCUT2D eigenvalue weighted by Gasteiger charge is 2.29. The Kier molecular flexibility index (Phi) is 6.73. The van der Waals surface area contributed by atoms with E-state index in [2.05, 4.69) is 89.2 Å². The fraction of sp³-hybridized carbons (Fsp3) is 0.387. The summed E-state index contributed by atoms with van der Waals surface area (Å²) < 4.78 is 1.70. The van der Waals surface area contributed by atoms with Crippen LogP contribution in [-0.2, 0) is 6.54 Å². The van der Waals surface area contributed by atoms with Gasteiger partial charge in [0.2, 0.25) is 0 Å². The predicted molar refractivity (Wildman–Crippen MR) is 157 cm³/mol. The van der Waals surface area contributed by atoms with Gasteiger partial charge in [0, 0.05) is 24.2 Å². The highest BCUT2D eigenvalue weighted by Crippen LogP contribution is 2.33. The molecule has 4 aromatic rings. The zero-order valence-electron chi connectivity index (χ0n) is 23.3. The van der Waals surface area contributed by atoms with Crippen LogP contribution in [0.2, 0.25) is 0 Å². The molecule has 1 fully saturated rings. The smallest absolute Gasteiger partial charge is 0.306 e. The van der Waals surface area contributed by atoms with Crippen LogP contribution in [0.4, 0.5) is 5.69 Å². The lowest BCUT2D eigenvalue weighted by Gasteiger charge is -2.36. The number of fused-ring (bicyclic) bond motifs is 1. The van der Waals surface area contributed by atoms with Crippen molar-refractivity contribution in [1.82, 2.24) is 29.4 Å². The zero-order chi connectivity index (χ0) is 27.1. The van der Waals surface area contributed by atoms with Gasteiger partial charge < -0.3 is 9.88 Å². The molecule has 8 heteroatoms. The summed E-state index contributed by atoms with van der Waals surface area (Å²) in [5.41, 5.74) is 6.93. The molecule has 0 radical (unpaired) electrons. The Hall–Kier alpha value is -3.91. The third-order valence-electron chi connectivity index (χ3n) is 8.26. The molecule has 0 saturated carbocycles. The molecule has 4 heterocycles. The second kappa shape index (κ2) is 10.3. The number of allylic oxidation sites excluding steroid dienone is 1. The Morgan fingerprint density at radius 3 is 2.51 bits per heavy atom. The lowest BCUT2D eigenvalue weighted by Crippen LogP contribution is -2.38. The number of H-pyrrole nitrogens is 1. The van der Waals surface area contributed by atoms with Crippen molar-refractivity contribution in [3.63, 3.8) is 0 Å². The molecule has 6 rings (SSSR count). The minimum absolute atomic E-state index is 0.177. The van der Waals surface area contributed by atoms with Gasteiger partial charge in [0.25, 0.3) is 0 Å². The number of anilines is 1. The van der Waals surface area contributed by atoms with Crippen molar-refractivity contribution in [2.45, 2.75) is 39.2 Å². The average Bonchev–Trinajstić information content (AvgIpc) is 3.48. The van der Waals surface area contributed by atoms with Gasteiger partial charge in [0.05, 0.1) is 25.0 Å². The van der Waals surface area contributed by atoms with Gasteiger partial charge in [-0.3, -0.25) is 14.6 Å². The number of nitrogens with zero attached hydrogens (tertiary/aromatic N) is 6. The first-order chi connectivity index (χ1) is 18.9. The quantitative estimate of drug-likeness (QED) is 0.390. The maximum absolute atomic E-state index is 12.9. The van der Waals surface area contributed by atoms with E-state index in [1.54, 1.807) is 10.8 Å². The van der Waals surface area contributed by atoms with E-state index in [4.69, 9.17) is 4.98 Å². The maximum Gasteiger partial charge on any atom is 0.328 e. The molecule has 1 N–H and O–H groups in total. The van der Waals surface area contributed by atoms with Crippen LogP contribution in [0.3, 0.4) is 0 Å². The Bertz CT molecular complexity index is 1560. The van der Waals surface area contributed by atoms with Gasteiger partial charge in [-0.15, -0.1) is 0 Å². The summed E-state index contributed by atoms with van der Waals surface area (Å²) in [6.07, 6.45) is 6.53. The van der Waals surface area contributed by atoms with Gasteiger partial charge in [-0.2, -0.15) is 0 Å². The van der Waals surface area contributed by atoms with Crippen molar-refractivity contribution in [1.29, 1.82) is 0 Å². The van der Waals surface area contributed by atoms with Crippen molar-refractivity contribution < 1.29 is 0 Å². The molecule has 8 nitrogen and oxygen atoms in total. The molecule has 39 heavy (non-hydrogen) atoms. The van der Waals surface area contributed by atoms with Crippen molar-refractivity contribution in [3.8, 4) is 11.4 Å². The Balaban J connectivity index is 1.22. The Morgan fingerprint density at radius 1 is 1.03 bits per heavy atom. The molecule has 0 spiro atoms. The number of nitrogens with one attached hydrogen (secondary N) is 1. The van der Waals surface area contributed by atoms with Crippen LogP contribution in [0.5, 0.6) is 0 Å². The number of hydrogen-bond donors (Lipinski definition) is 1. The van der Waals surface area contributed by atoms with E-state index < -0.39 is 0 Å². The van der Waals surface area contributed by atoms with Crippen molar-refractivity contribution >= 4 is 16.9 Å². The largest absolute Gasteiger partial charge is 0.328 e. The SMILES string of the molecule is CC(C)c1ccccc1-c1ncc2[nH]c(=O)n(Cc3ccc(N4CC=C(C5CCN(C)CC5)N4C)cc3)c2n1. The van der Waals surface area contributed by atoms with Gasteiger partial charge >= 0.3 is 5.69 Å². The zero-order valence-corrected chi connectivity index (χ0v) is 23.3. The van der Waals surface area contributed by atoms with Crippen LogP contribution in [-0.4, -0.2) is 63.2 Å². The maximum atomic E-state index is 12.9. The van der Waals surface area contributed by atoms with Crippen LogP contribution in [0.15, 0.2) is 71.3 Å². The van der Waals surface area contributed by atoms with E-state index in [9.17, 15) is 4.79 Å². The molecule has 0 atom stereocenters. The normalized spacial score (nSPS) is 17.0. The molecule has 2 aliphatic rings. The molecule has 202 valence electrons. The van der Waals surface area contributed by atoms with Crippen LogP contribution in [0.25, 0.3) is 22.6 Å². The average molecular weight is 524 g/mol. The fourth-order valence-corrected chi connectivity index (χ4v) is 5.97. The van der Waals surface area contributed by atoms with Crippen molar-refractivity contribution in [2.75, 3.05) is 38.7 Å². The molecule has 2 aromatic heterocycles. The molecule has 0 aliphatic carbocycles. The second-order valence-corrected chi connectivity index (χ2v) is 11.2. The third kappa shape index (κ3) is 4.85. The number of rotatable bonds is 6. The Morgan fingerprint density at radius 2 is 1.77 bits per heavy atom. The lowest BCUT2D eigenvalue weighted by molar-refractivity contribution is 0.215. The van der Waals surface area contributed by atoms with Gasteiger partial charge in [0.15, 0.2) is 11.5 Å². The summed E-state index contributed by atoms with van der Waals surface area (Å²) in [7, 11) is 4.38. The Labute approximate surface area is 229 Å². The van der Waals surface area contributed by atoms with E-state index in [1.807, 2.05) is 18.2 Å². The summed E-state index contributed by atoms with van der Waals surface area (Å²) >= 11 is 0. The number of hydrogen-bond acceptors (Lipinski definition) is 6. The fourth-order valence-electron chi connectivity index (χ4n) is 5.97. The topological polar surface area (TPSA) is 73.3 Å². The summed E-state index contributed by atoms with van der Waals surface area (Å²) in [5, 5.41) is 4.64. The number of imidazole rings is 1. The third-order valence-corrected chi connectivity index (χ3v) is 8.26. The first-order valence-electron chi connectivity index (χ1n) is 13.9. The summed E-state index contributed by atoms with van der Waals surface area (Å²) in [6.45, 7) is 7.98. The molecular weight excluding hydrogens is 486 g/mol. The lowest BCUT2D eigenvalue weighted by atomic mass is 9.93. The second-order valence-electron chi connectivity index (χ2n) is 11.2. The van der Waals surface area contributed by atoms with E-state index in [1.165, 1.54) is 24.1 Å². The molecule has 2 aliphatic heterocycles. The molecule has 1 saturated heterocycles. The van der Waals surface area contributed by atoms with E-state index >= 15 is 0 Å². The number of piperidine rings is 1. The highest BCUT2D eigenvalue weighted by atomic mass is 16.1. The number of benzene rings is 2. The molecule has 0 bridgehead atoms. The van der Waals surface area contributed by atoms with Gasteiger partial charge in [-0.25, -0.2) is 14.8 Å². The molecule has 0 amide bonds. The van der Waals surface area contributed by atoms with Crippen LogP contribution in [0.1, 0.15) is 43.7 Å². The number of likely N-dealkylation sites (tertiary alicyclic amines) is 1. The monoisotopic (exact) mass is 523 g/mol. The minimum Gasteiger partial charge on any atom is -0.306 e. The van der Waals surface area contributed by atoms with Crippen molar-refractivity contribution in [2.24, 2.45) is 5.92 Å². The summed E-state index contributed by atoms with van der Waals surface area (Å²) in [6, 6.07) is 16.7. The number of hydrazine groups is 1. The van der Waals surface area contributed by atoms with E-state index in [-0.39, 0.29) is 5.69 Å². The minimum atomic E-state index is -0.177. The van der Waals surface area contributed by atoms with Crippen molar-refractivity contribution in [3.05, 3.63) is 88.1 Å². The summed E-state index contributed by atoms with van der Waals surface area (Å²) in [4.78, 5) is 27.7. The van der Waals surface area contributed by atoms with Gasteiger partial charge in [0.1, 0.15) is 5.52 Å². The van der Waals surface area contributed by atoms with E-state index in [0.717, 1.165) is 36.4 Å². The molecule has 2 aromatic carbocycles. The standard InChI is InChI=1S/C31H37N7O/c1-21(2)25-7-5-6-8-26(25)29-32-19-27-30(34-29)37(31(39)33-27)20-22-9-11-24(12-10-22)38-18-15-28(36(38)4)23-13-16-35(3)17-14-23/h5-12,15,19,21,23H,13-14,16-18,20H2,1-4H3,(H,33,39). The number of aromatic amines is 1. The highest BCUT2D eigenvalue weighted by molar-refractivity contribution is 5.73. The van der Waals surface area contributed by atoms with E-state index in [0.29, 0.717) is 35.4 Å². The molecule has 0 unspecified atom stereocenters. The number of aromatic nitrogens is 4. The van der Waals surface area contributed by atoms with Gasteiger partial charge in [-0.05, 0) is 68.2 Å².